The number of aryl methyl sites for hydroxylation is 1. The van der Waals surface area contributed by atoms with Crippen LogP contribution in [0, 0.1) is 6.92 Å². The van der Waals surface area contributed by atoms with Gasteiger partial charge >= 0.3 is 0 Å². The van der Waals surface area contributed by atoms with Crippen molar-refractivity contribution >= 4 is 0 Å². The van der Waals surface area contributed by atoms with E-state index in [2.05, 4.69) is 14.8 Å². The van der Waals surface area contributed by atoms with Crippen LogP contribution in [0.3, 0.4) is 0 Å². The molecule has 84 valence electrons. The summed E-state index contributed by atoms with van der Waals surface area (Å²) in [5.41, 5.74) is 4.61. The molecule has 1 aromatic rings. The molecule has 1 unspecified atom stereocenters. The van der Waals surface area contributed by atoms with Crippen molar-refractivity contribution in [2.24, 2.45) is 5.73 Å². The Labute approximate surface area is 89.3 Å². The fourth-order valence-electron chi connectivity index (χ4n) is 1.75. The van der Waals surface area contributed by atoms with Crippen molar-refractivity contribution in [2.75, 3.05) is 6.54 Å². The summed E-state index contributed by atoms with van der Waals surface area (Å²) in [5.74, 6) is 1.78. The SMILES string of the molecule is Cc1nnc(CC(C)(O)CN)n1C1CC1. The Bertz CT molecular complexity index is 354. The maximum Gasteiger partial charge on any atom is 0.136 e. The molecule has 0 aromatic carbocycles. The van der Waals surface area contributed by atoms with Gasteiger partial charge in [0, 0.05) is 19.0 Å². The smallest absolute Gasteiger partial charge is 0.136 e. The summed E-state index contributed by atoms with van der Waals surface area (Å²) < 4.78 is 2.13. The molecule has 1 aromatic heterocycles. The summed E-state index contributed by atoms with van der Waals surface area (Å²) in [6.07, 6.45) is 2.86. The van der Waals surface area contributed by atoms with Crippen molar-refractivity contribution in [3.05, 3.63) is 11.6 Å². The van der Waals surface area contributed by atoms with E-state index in [1.165, 1.54) is 12.8 Å². The van der Waals surface area contributed by atoms with Gasteiger partial charge in [0.2, 0.25) is 0 Å². The summed E-state index contributed by atoms with van der Waals surface area (Å²) in [5, 5.41) is 18.1. The zero-order valence-corrected chi connectivity index (χ0v) is 9.27. The van der Waals surface area contributed by atoms with E-state index in [4.69, 9.17) is 5.73 Å². The number of rotatable bonds is 4. The molecular weight excluding hydrogens is 192 g/mol. The minimum absolute atomic E-state index is 0.240. The molecule has 1 atom stereocenters. The topological polar surface area (TPSA) is 77.0 Å². The van der Waals surface area contributed by atoms with Gasteiger partial charge in [-0.3, -0.25) is 0 Å². The summed E-state index contributed by atoms with van der Waals surface area (Å²) >= 11 is 0. The minimum atomic E-state index is -0.883. The molecule has 0 spiro atoms. The molecule has 0 radical (unpaired) electrons. The third kappa shape index (κ3) is 2.18. The van der Waals surface area contributed by atoms with Crippen LogP contribution in [0.15, 0.2) is 0 Å². The average molecular weight is 210 g/mol. The van der Waals surface area contributed by atoms with Crippen molar-refractivity contribution < 1.29 is 5.11 Å². The Morgan fingerprint density at radius 2 is 2.20 bits per heavy atom. The quantitative estimate of drug-likeness (QED) is 0.743. The molecule has 5 heteroatoms. The zero-order valence-electron chi connectivity index (χ0n) is 9.27. The van der Waals surface area contributed by atoms with Crippen molar-refractivity contribution in [2.45, 2.75) is 44.8 Å². The highest BCUT2D eigenvalue weighted by molar-refractivity contribution is 5.04. The van der Waals surface area contributed by atoms with Crippen LogP contribution in [0.5, 0.6) is 0 Å². The molecule has 0 bridgehead atoms. The lowest BCUT2D eigenvalue weighted by atomic mass is 10.0. The number of nitrogens with two attached hydrogens (primary N) is 1. The van der Waals surface area contributed by atoms with E-state index >= 15 is 0 Å². The van der Waals surface area contributed by atoms with E-state index in [9.17, 15) is 5.11 Å². The first kappa shape index (κ1) is 10.6. The highest BCUT2D eigenvalue weighted by atomic mass is 16.3. The predicted octanol–water partition coefficient (Wildman–Crippen LogP) is 0.174. The molecule has 5 nitrogen and oxygen atoms in total. The Hall–Kier alpha value is -0.940. The number of hydrogen-bond donors (Lipinski definition) is 2. The molecule has 1 aliphatic carbocycles. The molecule has 1 heterocycles. The summed E-state index contributed by atoms with van der Waals surface area (Å²) in [7, 11) is 0. The average Bonchev–Trinajstić information content (AvgIpc) is 2.94. The predicted molar refractivity (Wildman–Crippen MR) is 56.4 cm³/mol. The third-order valence-corrected chi connectivity index (χ3v) is 2.83. The largest absolute Gasteiger partial charge is 0.388 e. The van der Waals surface area contributed by atoms with Crippen LogP contribution < -0.4 is 5.73 Å². The maximum absolute atomic E-state index is 9.91. The minimum Gasteiger partial charge on any atom is -0.388 e. The van der Waals surface area contributed by atoms with E-state index in [1.807, 2.05) is 6.92 Å². The van der Waals surface area contributed by atoms with E-state index in [0.717, 1.165) is 11.6 Å². The standard InChI is InChI=1S/C10H18N4O/c1-7-12-13-9(5-10(2,15)6-11)14(7)8-3-4-8/h8,15H,3-6,11H2,1-2H3. The molecule has 0 amide bonds. The first-order chi connectivity index (χ1) is 7.03. The van der Waals surface area contributed by atoms with Crippen LogP contribution in [-0.4, -0.2) is 32.0 Å². The lowest BCUT2D eigenvalue weighted by Gasteiger charge is -2.20. The summed E-state index contributed by atoms with van der Waals surface area (Å²) in [6, 6.07) is 0.545. The molecule has 1 fully saturated rings. The lowest BCUT2D eigenvalue weighted by Crippen LogP contribution is -2.37. The van der Waals surface area contributed by atoms with Crippen LogP contribution >= 0.6 is 0 Å². The van der Waals surface area contributed by atoms with Crippen molar-refractivity contribution in [1.29, 1.82) is 0 Å². The fraction of sp³-hybridized carbons (Fsp3) is 0.800. The molecule has 0 aliphatic heterocycles. The van der Waals surface area contributed by atoms with Gasteiger partial charge in [0.25, 0.3) is 0 Å². The van der Waals surface area contributed by atoms with Gasteiger partial charge < -0.3 is 15.4 Å². The van der Waals surface area contributed by atoms with Crippen LogP contribution in [0.4, 0.5) is 0 Å². The van der Waals surface area contributed by atoms with Crippen molar-refractivity contribution in [3.8, 4) is 0 Å². The number of aromatic nitrogens is 3. The molecule has 1 saturated carbocycles. The number of hydrogen-bond acceptors (Lipinski definition) is 4. The summed E-state index contributed by atoms with van der Waals surface area (Å²) in [4.78, 5) is 0. The normalized spacial score (nSPS) is 20.3. The second-order valence-electron chi connectivity index (χ2n) is 4.64. The van der Waals surface area contributed by atoms with Crippen molar-refractivity contribution in [1.82, 2.24) is 14.8 Å². The van der Waals surface area contributed by atoms with Gasteiger partial charge in [0.15, 0.2) is 0 Å². The van der Waals surface area contributed by atoms with Gasteiger partial charge in [-0.05, 0) is 26.7 Å². The van der Waals surface area contributed by atoms with Gasteiger partial charge in [-0.25, -0.2) is 0 Å². The Morgan fingerprint density at radius 3 is 2.73 bits per heavy atom. The van der Waals surface area contributed by atoms with Gasteiger partial charge in [-0.2, -0.15) is 0 Å². The molecule has 2 rings (SSSR count). The maximum atomic E-state index is 9.91. The second kappa shape index (κ2) is 3.57. The van der Waals surface area contributed by atoms with Crippen LogP contribution in [0.25, 0.3) is 0 Å². The zero-order chi connectivity index (χ0) is 11.1. The highest BCUT2D eigenvalue weighted by Crippen LogP contribution is 2.36. The van der Waals surface area contributed by atoms with Crippen LogP contribution in [0.1, 0.15) is 37.5 Å². The number of nitrogens with zero attached hydrogens (tertiary/aromatic N) is 3. The van der Waals surface area contributed by atoms with Gasteiger partial charge in [0.1, 0.15) is 11.6 Å². The van der Waals surface area contributed by atoms with Crippen LogP contribution in [-0.2, 0) is 6.42 Å². The van der Waals surface area contributed by atoms with E-state index in [-0.39, 0.29) is 6.54 Å². The van der Waals surface area contributed by atoms with E-state index in [1.54, 1.807) is 6.92 Å². The summed E-state index contributed by atoms with van der Waals surface area (Å²) in [6.45, 7) is 3.92. The highest BCUT2D eigenvalue weighted by Gasteiger charge is 2.30. The van der Waals surface area contributed by atoms with E-state index < -0.39 is 5.60 Å². The van der Waals surface area contributed by atoms with Gasteiger partial charge in [-0.15, -0.1) is 10.2 Å². The Kier molecular flexibility index (Phi) is 2.52. The number of aliphatic hydroxyl groups is 1. The van der Waals surface area contributed by atoms with Crippen LogP contribution in [0.2, 0.25) is 0 Å². The molecule has 0 saturated heterocycles. The third-order valence-electron chi connectivity index (χ3n) is 2.83. The Morgan fingerprint density at radius 1 is 1.53 bits per heavy atom. The second-order valence-corrected chi connectivity index (χ2v) is 4.64. The monoisotopic (exact) mass is 210 g/mol. The molecular formula is C10H18N4O. The lowest BCUT2D eigenvalue weighted by molar-refractivity contribution is 0.0665. The molecule has 3 N–H and O–H groups in total. The molecule has 15 heavy (non-hydrogen) atoms. The fourth-order valence-corrected chi connectivity index (χ4v) is 1.75. The first-order valence-electron chi connectivity index (χ1n) is 5.36. The van der Waals surface area contributed by atoms with E-state index in [0.29, 0.717) is 12.5 Å². The first-order valence-corrected chi connectivity index (χ1v) is 5.36. The molecule has 1 aliphatic rings. The van der Waals surface area contributed by atoms with Crippen molar-refractivity contribution in [3.63, 3.8) is 0 Å². The van der Waals surface area contributed by atoms with Gasteiger partial charge in [-0.1, -0.05) is 0 Å². The Balaban J connectivity index is 2.21. The van der Waals surface area contributed by atoms with Gasteiger partial charge in [0.05, 0.1) is 5.60 Å².